The Hall–Kier alpha value is -1.84. The maximum Gasteiger partial charge on any atom is 0.326 e. The van der Waals surface area contributed by atoms with Crippen molar-refractivity contribution in [1.29, 1.82) is 0 Å². The van der Waals surface area contributed by atoms with Crippen LogP contribution >= 0.6 is 0 Å². The van der Waals surface area contributed by atoms with Crippen molar-refractivity contribution in [3.8, 4) is 0 Å². The zero-order valence-electron chi connectivity index (χ0n) is 24.5. The minimum absolute atomic E-state index is 0.0868. The lowest BCUT2D eigenvalue weighted by atomic mass is 9.76. The molecule has 1 saturated carbocycles. The van der Waals surface area contributed by atoms with E-state index >= 15 is 0 Å². The SMILES string of the molecule is [2H]c1c([2H])c([2H])c(C[C@]([2H])(NC(=O)C2CCC(C(C([2H])([2H])[2H])C([2H])([2H])[2H])CC2)C(=O)O)c([2H])c1[2H]. The first-order chi connectivity index (χ1) is 15.8. The summed E-state index contributed by atoms with van der Waals surface area (Å²) in [7, 11) is 0. The number of amides is 1. The summed E-state index contributed by atoms with van der Waals surface area (Å²) in [5, 5.41) is 11.7. The Bertz CT molecular complexity index is 942. The quantitative estimate of drug-likeness (QED) is 0.842. The van der Waals surface area contributed by atoms with Gasteiger partial charge in [0.15, 0.2) is 0 Å². The molecule has 0 aromatic heterocycles. The van der Waals surface area contributed by atoms with Crippen LogP contribution in [0.2, 0.25) is 0 Å². The first-order valence-corrected chi connectivity index (χ1v) is 7.42. The van der Waals surface area contributed by atoms with E-state index in [9.17, 15) is 14.7 Å². The van der Waals surface area contributed by atoms with E-state index in [4.69, 9.17) is 16.4 Å². The van der Waals surface area contributed by atoms with Gasteiger partial charge in [0.05, 0.1) is 8.22 Å². The van der Waals surface area contributed by atoms with Gasteiger partial charge in [-0.15, -0.1) is 0 Å². The molecule has 2 rings (SSSR count). The molecular formula is C19H27NO3. The number of hydrogen-bond donors (Lipinski definition) is 2. The van der Waals surface area contributed by atoms with Crippen LogP contribution in [0.4, 0.5) is 0 Å². The van der Waals surface area contributed by atoms with Crippen molar-refractivity contribution in [2.24, 2.45) is 17.8 Å². The lowest BCUT2D eigenvalue weighted by Gasteiger charge is -2.30. The summed E-state index contributed by atoms with van der Waals surface area (Å²) < 4.78 is 92.8. The molecule has 4 nitrogen and oxygen atoms in total. The predicted molar refractivity (Wildman–Crippen MR) is 90.0 cm³/mol. The fourth-order valence-electron chi connectivity index (χ4n) is 2.68. The van der Waals surface area contributed by atoms with Gasteiger partial charge in [-0.1, -0.05) is 43.9 Å². The van der Waals surface area contributed by atoms with Crippen LogP contribution in [0.5, 0.6) is 0 Å². The Balaban J connectivity index is 2.20. The molecule has 1 aliphatic rings. The Morgan fingerprint density at radius 2 is 1.96 bits per heavy atom. The van der Waals surface area contributed by atoms with Crippen LogP contribution in [0.3, 0.4) is 0 Å². The van der Waals surface area contributed by atoms with Crippen LogP contribution in [-0.4, -0.2) is 23.0 Å². The minimum Gasteiger partial charge on any atom is -0.480 e. The van der Waals surface area contributed by atoms with Gasteiger partial charge in [-0.3, -0.25) is 4.79 Å². The van der Waals surface area contributed by atoms with Gasteiger partial charge in [0.2, 0.25) is 5.91 Å². The van der Waals surface area contributed by atoms with E-state index in [1.807, 2.05) is 0 Å². The smallest absolute Gasteiger partial charge is 0.326 e. The third-order valence-electron chi connectivity index (χ3n) is 4.05. The van der Waals surface area contributed by atoms with Crippen molar-refractivity contribution in [2.45, 2.75) is 51.8 Å². The van der Waals surface area contributed by atoms with Crippen LogP contribution in [0.1, 0.15) is 61.4 Å². The first-order valence-electron chi connectivity index (χ1n) is 13.4. The molecule has 1 fully saturated rings. The van der Waals surface area contributed by atoms with E-state index in [0.29, 0.717) is 0 Å². The second kappa shape index (κ2) is 8.14. The van der Waals surface area contributed by atoms with E-state index in [2.05, 4.69) is 5.32 Å². The second-order valence-corrected chi connectivity index (χ2v) is 5.64. The Morgan fingerprint density at radius 1 is 1.30 bits per heavy atom. The molecule has 1 aliphatic carbocycles. The number of carbonyl (C=O) groups is 2. The number of hydrogen-bond acceptors (Lipinski definition) is 2. The zero-order chi connectivity index (χ0) is 27.1. The van der Waals surface area contributed by atoms with Crippen LogP contribution < -0.4 is 5.32 Å². The monoisotopic (exact) mass is 329 g/mol. The van der Waals surface area contributed by atoms with E-state index in [1.165, 1.54) is 0 Å². The molecule has 1 aromatic carbocycles. The van der Waals surface area contributed by atoms with E-state index in [1.54, 1.807) is 0 Å². The highest BCUT2D eigenvalue weighted by Crippen LogP contribution is 2.33. The third kappa shape index (κ3) is 5.08. The molecule has 1 aromatic rings. The van der Waals surface area contributed by atoms with Crippen molar-refractivity contribution in [2.75, 3.05) is 0 Å². The molecule has 126 valence electrons. The van der Waals surface area contributed by atoms with E-state index in [0.717, 1.165) is 0 Å². The van der Waals surface area contributed by atoms with Gasteiger partial charge < -0.3 is 10.4 Å². The Kier molecular flexibility index (Phi) is 2.61. The lowest BCUT2D eigenvalue weighted by Crippen LogP contribution is -2.45. The van der Waals surface area contributed by atoms with Gasteiger partial charge >= 0.3 is 5.97 Å². The molecule has 23 heavy (non-hydrogen) atoms. The van der Waals surface area contributed by atoms with Gasteiger partial charge in [0, 0.05) is 20.6 Å². The van der Waals surface area contributed by atoms with Crippen LogP contribution in [0.15, 0.2) is 30.2 Å². The average Bonchev–Trinajstić information content (AvgIpc) is 2.72. The fraction of sp³-hybridized carbons (Fsp3) is 0.579. The molecule has 0 radical (unpaired) electrons. The summed E-state index contributed by atoms with van der Waals surface area (Å²) in [4.78, 5) is 24.7. The van der Waals surface area contributed by atoms with Crippen LogP contribution in [0.25, 0.3) is 0 Å². The zero-order valence-corrected chi connectivity index (χ0v) is 12.5. The summed E-state index contributed by atoms with van der Waals surface area (Å²) >= 11 is 0. The molecule has 4 heteroatoms. The first kappa shape index (κ1) is 7.37. The summed E-state index contributed by atoms with van der Waals surface area (Å²) in [5.41, 5.74) is -0.435. The number of rotatable bonds is 6. The second-order valence-electron chi connectivity index (χ2n) is 5.64. The lowest BCUT2D eigenvalue weighted by molar-refractivity contribution is -0.142. The van der Waals surface area contributed by atoms with Gasteiger partial charge in [-0.2, -0.15) is 0 Å². The highest BCUT2D eigenvalue weighted by atomic mass is 16.4. The average molecular weight is 330 g/mol. The number of carbonyl (C=O) groups excluding carboxylic acids is 1. The molecule has 1 amide bonds. The molecule has 1 atom stereocenters. The minimum atomic E-state index is -2.73. The van der Waals surface area contributed by atoms with Crippen LogP contribution in [-0.2, 0) is 16.0 Å². The molecule has 0 aliphatic heterocycles. The number of carboxylic acid groups (broad SMARTS) is 1. The van der Waals surface area contributed by atoms with Crippen LogP contribution in [0, 0.1) is 17.8 Å². The maximum absolute atomic E-state index is 12.8. The number of aliphatic carboxylic acids is 1. The molecule has 0 saturated heterocycles. The summed E-state index contributed by atoms with van der Waals surface area (Å²) in [6.45, 7) is -5.43. The number of nitrogens with one attached hydrogen (secondary N) is 1. The van der Waals surface area contributed by atoms with Gasteiger partial charge in [0.25, 0.3) is 0 Å². The van der Waals surface area contributed by atoms with E-state index in [-0.39, 0.29) is 25.7 Å². The summed E-state index contributed by atoms with van der Waals surface area (Å²) in [6.07, 6.45) is -0.492. The van der Waals surface area contributed by atoms with Crippen molar-refractivity contribution >= 4 is 11.9 Å². The van der Waals surface area contributed by atoms with Crippen molar-refractivity contribution < 1.29 is 31.1 Å². The largest absolute Gasteiger partial charge is 0.480 e. The molecular weight excluding hydrogens is 290 g/mol. The van der Waals surface area contributed by atoms with Crippen molar-refractivity contribution in [1.82, 2.24) is 5.32 Å². The normalized spacial score (nSPS) is 32.6. The number of carboxylic acids is 1. The molecule has 0 unspecified atom stereocenters. The third-order valence-corrected chi connectivity index (χ3v) is 4.05. The highest BCUT2D eigenvalue weighted by molar-refractivity contribution is 5.85. The molecule has 2 N–H and O–H groups in total. The van der Waals surface area contributed by atoms with Gasteiger partial charge in [-0.25, -0.2) is 4.79 Å². The van der Waals surface area contributed by atoms with Gasteiger partial charge in [0.1, 0.15) is 6.02 Å². The van der Waals surface area contributed by atoms with Gasteiger partial charge in [-0.05, 0) is 43.1 Å². The summed E-state index contributed by atoms with van der Waals surface area (Å²) in [5.74, 6) is -5.67. The Morgan fingerprint density at radius 3 is 2.52 bits per heavy atom. The molecule has 0 bridgehead atoms. The Labute approximate surface area is 155 Å². The molecule has 0 spiro atoms. The van der Waals surface area contributed by atoms with Crippen molar-refractivity contribution in [3.05, 3.63) is 35.8 Å². The summed E-state index contributed by atoms with van der Waals surface area (Å²) in [6, 6.07) is -6.16. The van der Waals surface area contributed by atoms with E-state index < -0.39 is 91.5 Å². The standard InChI is InChI=1S/C19H27NO3/c1-13(2)15-8-10-16(11-9-15)18(21)20-17(19(22)23)12-14-6-4-3-5-7-14/h3-7,13,15-17H,8-12H2,1-2H3,(H,20,21)(H,22,23)/t15?,16?,17-/m0/s1/i1D3,2D3,3D,4D,5D,6D,7D,17D. The predicted octanol–water partition coefficient (Wildman–Crippen LogP) is 3.26. The fourth-order valence-corrected chi connectivity index (χ4v) is 2.68. The highest BCUT2D eigenvalue weighted by Gasteiger charge is 2.30. The number of benzene rings is 1. The maximum atomic E-state index is 12.8. The molecule has 0 heterocycles. The topological polar surface area (TPSA) is 66.4 Å². The van der Waals surface area contributed by atoms with Crippen molar-refractivity contribution in [3.63, 3.8) is 0 Å².